The monoisotopic (exact) mass is 636 g/mol. The Kier molecular flexibility index (Phi) is 9.23. The summed E-state index contributed by atoms with van der Waals surface area (Å²) >= 11 is 0. The van der Waals surface area contributed by atoms with E-state index in [1.807, 2.05) is 0 Å². The van der Waals surface area contributed by atoms with E-state index < -0.39 is 16.1 Å². The molecule has 7 rings (SSSR count). The van der Waals surface area contributed by atoms with Gasteiger partial charge in [0.25, 0.3) is 0 Å². The van der Waals surface area contributed by atoms with Crippen LogP contribution in [-0.2, 0) is 0 Å². The minimum Gasteiger partial charge on any atom is -0.0815 e. The van der Waals surface area contributed by atoms with E-state index in [4.69, 9.17) is 0 Å². The van der Waals surface area contributed by atoms with E-state index >= 15 is 0 Å². The topological polar surface area (TPSA) is 0 Å². The van der Waals surface area contributed by atoms with Crippen LogP contribution in [0.15, 0.2) is 217 Å². The fourth-order valence-corrected chi connectivity index (χ4v) is 15.8. The Bertz CT molecular complexity index is 1620. The van der Waals surface area contributed by atoms with E-state index in [2.05, 4.69) is 206 Å². The normalized spacial score (nSPS) is 13.9. The molecule has 0 nitrogen and oxygen atoms in total. The molecule has 0 fully saturated rings. The van der Waals surface area contributed by atoms with Gasteiger partial charge in [-0.25, -0.2) is 0 Å². The maximum absolute atomic E-state index is 2.61. The Labute approximate surface area is 282 Å². The molecular weight excluding hydrogens is 597 g/mol. The second-order valence-corrected chi connectivity index (χ2v) is 19.7. The zero-order chi connectivity index (χ0) is 31.8. The Morgan fingerprint density at radius 2 is 0.511 bits per heavy atom. The highest BCUT2D eigenvalue weighted by atomic mass is 28.3. The van der Waals surface area contributed by atoms with Crippen molar-refractivity contribution in [2.45, 2.75) is 19.3 Å². The molecule has 0 saturated heterocycles. The average Bonchev–Trinajstić information content (AvgIpc) is 3.62. The van der Waals surface area contributed by atoms with Crippen molar-refractivity contribution in [1.29, 1.82) is 0 Å². The molecule has 0 atom stereocenters. The van der Waals surface area contributed by atoms with Gasteiger partial charge in [0.05, 0.1) is 0 Å². The third kappa shape index (κ3) is 6.10. The summed E-state index contributed by atoms with van der Waals surface area (Å²) in [6, 6.07) is 67.1. The van der Waals surface area contributed by atoms with Crippen LogP contribution in [0.1, 0.15) is 19.3 Å². The zero-order valence-electron chi connectivity index (χ0n) is 26.8. The van der Waals surface area contributed by atoms with Crippen molar-refractivity contribution in [3.05, 3.63) is 217 Å². The fraction of sp³-hybridized carbons (Fsp3) is 0.0667. The molecule has 0 spiro atoms. The summed E-state index contributed by atoms with van der Waals surface area (Å²) in [4.78, 5) is 0. The molecular formula is C45H40Si2. The zero-order valence-corrected chi connectivity index (χ0v) is 28.8. The van der Waals surface area contributed by atoms with Crippen LogP contribution in [0.3, 0.4) is 0 Å². The summed E-state index contributed by atoms with van der Waals surface area (Å²) in [6.07, 6.45) is 8.41. The number of hydrogen-bond acceptors (Lipinski definition) is 0. The summed E-state index contributed by atoms with van der Waals surface area (Å²) in [7, 11) is -4.94. The highest BCUT2D eigenvalue weighted by molar-refractivity contribution is 7.15. The predicted molar refractivity (Wildman–Crippen MR) is 207 cm³/mol. The maximum Gasteiger partial charge on any atom is 0.172 e. The van der Waals surface area contributed by atoms with Crippen LogP contribution in [0.5, 0.6) is 0 Å². The van der Waals surface area contributed by atoms with Crippen LogP contribution in [0.2, 0.25) is 0 Å². The van der Waals surface area contributed by atoms with Crippen molar-refractivity contribution in [1.82, 2.24) is 0 Å². The molecule has 0 saturated carbocycles. The van der Waals surface area contributed by atoms with Crippen molar-refractivity contribution in [3.63, 3.8) is 0 Å². The minimum atomic E-state index is -2.47. The van der Waals surface area contributed by atoms with Crippen LogP contribution in [0, 0.1) is 0 Å². The molecule has 0 bridgehead atoms. The lowest BCUT2D eigenvalue weighted by Gasteiger charge is -2.31. The second-order valence-electron chi connectivity index (χ2n) is 12.4. The Morgan fingerprint density at radius 1 is 0.298 bits per heavy atom. The van der Waals surface area contributed by atoms with Gasteiger partial charge in [-0.15, -0.1) is 0 Å². The Hall–Kier alpha value is -5.03. The first kappa shape index (κ1) is 30.6. The van der Waals surface area contributed by atoms with E-state index in [-0.39, 0.29) is 0 Å². The molecule has 47 heavy (non-hydrogen) atoms. The van der Waals surface area contributed by atoms with E-state index in [9.17, 15) is 0 Å². The van der Waals surface area contributed by atoms with Gasteiger partial charge in [0.15, 0.2) is 16.1 Å². The van der Waals surface area contributed by atoms with Gasteiger partial charge < -0.3 is 0 Å². The molecule has 0 N–H and O–H groups in total. The molecule has 6 aromatic carbocycles. The van der Waals surface area contributed by atoms with Gasteiger partial charge in [0.1, 0.15) is 0 Å². The summed E-state index contributed by atoms with van der Waals surface area (Å²) < 4.78 is 0. The lowest BCUT2D eigenvalue weighted by molar-refractivity contribution is 0.906. The molecule has 0 radical (unpaired) electrons. The van der Waals surface area contributed by atoms with Gasteiger partial charge in [-0.05, 0) is 61.5 Å². The molecule has 0 heterocycles. The van der Waals surface area contributed by atoms with Gasteiger partial charge >= 0.3 is 0 Å². The van der Waals surface area contributed by atoms with E-state index in [1.54, 1.807) is 0 Å². The second kappa shape index (κ2) is 14.2. The van der Waals surface area contributed by atoms with Crippen molar-refractivity contribution in [3.8, 4) is 0 Å². The van der Waals surface area contributed by atoms with Gasteiger partial charge in [0.2, 0.25) is 0 Å². The Morgan fingerprint density at radius 3 is 0.723 bits per heavy atom. The third-order valence-corrected chi connectivity index (χ3v) is 18.5. The van der Waals surface area contributed by atoms with Crippen LogP contribution < -0.4 is 31.1 Å². The quantitative estimate of drug-likeness (QED) is 0.112. The lowest BCUT2D eigenvalue weighted by Crippen LogP contribution is -2.66. The number of hydrogen-bond donors (Lipinski definition) is 0. The van der Waals surface area contributed by atoms with Crippen molar-refractivity contribution >= 4 is 47.3 Å². The fourth-order valence-electron chi connectivity index (χ4n) is 7.41. The van der Waals surface area contributed by atoms with Crippen LogP contribution in [0.4, 0.5) is 0 Å². The highest BCUT2D eigenvalue weighted by Gasteiger charge is 2.38. The molecule has 6 aromatic rings. The van der Waals surface area contributed by atoms with Crippen molar-refractivity contribution in [2.24, 2.45) is 0 Å². The van der Waals surface area contributed by atoms with Crippen LogP contribution in [0.25, 0.3) is 0 Å². The summed E-state index contributed by atoms with van der Waals surface area (Å²) in [5.74, 6) is 0. The lowest BCUT2D eigenvalue weighted by atomic mass is 10.1. The first-order valence-corrected chi connectivity index (χ1v) is 20.9. The smallest absolute Gasteiger partial charge is 0.0815 e. The molecule has 228 valence electrons. The van der Waals surface area contributed by atoms with E-state index in [0.717, 1.165) is 12.8 Å². The largest absolute Gasteiger partial charge is 0.172 e. The van der Waals surface area contributed by atoms with Gasteiger partial charge in [0, 0.05) is 0 Å². The summed E-state index contributed by atoms with van der Waals surface area (Å²) in [6.45, 7) is 0. The van der Waals surface area contributed by atoms with Crippen molar-refractivity contribution in [2.75, 3.05) is 0 Å². The highest BCUT2D eigenvalue weighted by Crippen LogP contribution is 2.29. The number of benzene rings is 6. The average molecular weight is 637 g/mol. The SMILES string of the molecule is C(=C\[Si](c1ccccc1)(c1ccccc1)c1ccccc1)/C1=C(/C=C/[Si](c2ccccc2)(c2ccccc2)c2ccccc2)CCC1. The minimum absolute atomic E-state index is 1.11. The molecule has 1 aliphatic rings. The van der Waals surface area contributed by atoms with Gasteiger partial charge in [-0.1, -0.05) is 206 Å². The molecule has 0 aliphatic heterocycles. The number of rotatable bonds is 10. The first-order valence-electron chi connectivity index (χ1n) is 16.7. The first-order chi connectivity index (χ1) is 23.3. The molecule has 2 heteroatoms. The van der Waals surface area contributed by atoms with Crippen LogP contribution in [-0.4, -0.2) is 16.1 Å². The molecule has 0 amide bonds. The van der Waals surface area contributed by atoms with E-state index in [1.165, 1.54) is 48.7 Å². The van der Waals surface area contributed by atoms with Gasteiger partial charge in [-0.2, -0.15) is 0 Å². The third-order valence-electron chi connectivity index (χ3n) is 9.75. The van der Waals surface area contributed by atoms with Gasteiger partial charge in [-0.3, -0.25) is 0 Å². The summed E-state index contributed by atoms with van der Waals surface area (Å²) in [5.41, 5.74) is 8.16. The van der Waals surface area contributed by atoms with E-state index in [0.29, 0.717) is 0 Å². The van der Waals surface area contributed by atoms with Crippen LogP contribution >= 0.6 is 0 Å². The summed E-state index contributed by atoms with van der Waals surface area (Å²) in [5, 5.41) is 8.46. The molecule has 1 aliphatic carbocycles. The Balaban J connectivity index is 1.39. The van der Waals surface area contributed by atoms with Crippen molar-refractivity contribution < 1.29 is 0 Å². The molecule has 0 aromatic heterocycles. The molecule has 0 unspecified atom stereocenters. The predicted octanol–water partition coefficient (Wildman–Crippen LogP) is 7.00. The maximum atomic E-state index is 2.61. The standard InChI is InChI=1S/C45H40Si2/c1-7-22-40(23-8-1)46(41-24-9-2-10-25-41,42-26-11-3-12-27-42)36-34-38-20-19-21-39(38)35-37-47(43-28-13-4-14-29-43,44-30-15-5-16-31-44)45-32-17-6-18-33-45/h1-18,22-37H,19-21H2/b36-34+,37-35+. The number of allylic oxidation sites excluding steroid dienone is 4.